The molecule has 0 saturated carbocycles. The maximum absolute atomic E-state index is 11.4. The lowest BCUT2D eigenvalue weighted by molar-refractivity contribution is 0.0600. The molecule has 0 aliphatic carbocycles. The smallest absolute Gasteiger partial charge is 0.337 e. The van der Waals surface area contributed by atoms with Crippen molar-refractivity contribution in [3.05, 3.63) is 35.4 Å². The van der Waals surface area contributed by atoms with Crippen molar-refractivity contribution < 1.29 is 9.53 Å². The Labute approximate surface area is 121 Å². The van der Waals surface area contributed by atoms with Crippen LogP contribution in [0, 0.1) is 5.41 Å². The number of nitrogens with zero attached hydrogens (tertiary/aromatic N) is 1. The fraction of sp³-hybridized carbons (Fsp3) is 0.562. The summed E-state index contributed by atoms with van der Waals surface area (Å²) in [6.07, 6.45) is 1.23. The molecule has 20 heavy (non-hydrogen) atoms. The highest BCUT2D eigenvalue weighted by molar-refractivity contribution is 5.89. The van der Waals surface area contributed by atoms with Crippen molar-refractivity contribution >= 4 is 5.97 Å². The molecule has 1 aromatic carbocycles. The Morgan fingerprint density at radius 1 is 1.40 bits per heavy atom. The number of hydrogen-bond donors (Lipinski definition) is 1. The molecule has 1 heterocycles. The minimum absolute atomic E-state index is 0.283. The van der Waals surface area contributed by atoms with Crippen LogP contribution in [-0.2, 0) is 11.3 Å². The molecule has 1 unspecified atom stereocenters. The first-order valence-electron chi connectivity index (χ1n) is 7.09. The standard InChI is InChI=1S/C16H24N2O2/c1-16(8-9-17-11-16)12-18(2)10-13-4-6-14(7-5-13)15(19)20-3/h4-7,17H,8-12H2,1-3H3. The fourth-order valence-corrected chi connectivity index (χ4v) is 2.89. The monoisotopic (exact) mass is 276 g/mol. The zero-order valence-electron chi connectivity index (χ0n) is 12.6. The van der Waals surface area contributed by atoms with Crippen LogP contribution >= 0.6 is 0 Å². The summed E-state index contributed by atoms with van der Waals surface area (Å²) in [7, 11) is 3.55. The zero-order valence-corrected chi connectivity index (χ0v) is 12.6. The van der Waals surface area contributed by atoms with Crippen LogP contribution in [0.5, 0.6) is 0 Å². The third kappa shape index (κ3) is 3.81. The topological polar surface area (TPSA) is 41.6 Å². The number of ether oxygens (including phenoxy) is 1. The van der Waals surface area contributed by atoms with Crippen molar-refractivity contribution in [1.82, 2.24) is 10.2 Å². The van der Waals surface area contributed by atoms with E-state index in [9.17, 15) is 4.79 Å². The second-order valence-corrected chi connectivity index (χ2v) is 6.10. The van der Waals surface area contributed by atoms with Crippen molar-refractivity contribution in [3.63, 3.8) is 0 Å². The summed E-state index contributed by atoms with van der Waals surface area (Å²) in [5, 5.41) is 3.43. The molecule has 1 aliphatic rings. The molecule has 0 amide bonds. The van der Waals surface area contributed by atoms with E-state index < -0.39 is 0 Å². The van der Waals surface area contributed by atoms with Gasteiger partial charge in [0.25, 0.3) is 0 Å². The maximum Gasteiger partial charge on any atom is 0.337 e. The van der Waals surface area contributed by atoms with Gasteiger partial charge in [-0.25, -0.2) is 4.79 Å². The van der Waals surface area contributed by atoms with Crippen LogP contribution in [0.4, 0.5) is 0 Å². The molecule has 110 valence electrons. The van der Waals surface area contributed by atoms with Crippen molar-refractivity contribution in [3.8, 4) is 0 Å². The Bertz CT molecular complexity index is 450. The SMILES string of the molecule is COC(=O)c1ccc(CN(C)CC2(C)CCNC2)cc1. The van der Waals surface area contributed by atoms with Gasteiger partial charge in [0.2, 0.25) is 0 Å². The van der Waals surface area contributed by atoms with Gasteiger partial charge in [0.05, 0.1) is 12.7 Å². The highest BCUT2D eigenvalue weighted by Gasteiger charge is 2.29. The largest absolute Gasteiger partial charge is 0.465 e. The zero-order chi connectivity index (χ0) is 14.6. The second kappa shape index (κ2) is 6.37. The van der Waals surface area contributed by atoms with E-state index >= 15 is 0 Å². The van der Waals surface area contributed by atoms with Gasteiger partial charge in [-0.3, -0.25) is 0 Å². The Hall–Kier alpha value is -1.39. The van der Waals surface area contributed by atoms with E-state index in [4.69, 9.17) is 4.74 Å². The number of hydrogen-bond acceptors (Lipinski definition) is 4. The Morgan fingerprint density at radius 2 is 2.10 bits per heavy atom. The van der Waals surface area contributed by atoms with Gasteiger partial charge in [-0.05, 0) is 43.1 Å². The quantitative estimate of drug-likeness (QED) is 0.834. The molecule has 4 nitrogen and oxygen atoms in total. The molecule has 1 fully saturated rings. The second-order valence-electron chi connectivity index (χ2n) is 6.10. The Morgan fingerprint density at radius 3 is 2.65 bits per heavy atom. The molecule has 0 spiro atoms. The summed E-state index contributed by atoms with van der Waals surface area (Å²) in [6, 6.07) is 7.65. The van der Waals surface area contributed by atoms with E-state index in [1.54, 1.807) is 0 Å². The van der Waals surface area contributed by atoms with Crippen LogP contribution in [0.3, 0.4) is 0 Å². The third-order valence-corrected chi connectivity index (χ3v) is 3.94. The molecular weight excluding hydrogens is 252 g/mol. The average Bonchev–Trinajstić information content (AvgIpc) is 2.84. The molecule has 0 radical (unpaired) electrons. The average molecular weight is 276 g/mol. The van der Waals surface area contributed by atoms with Crippen LogP contribution in [0.15, 0.2) is 24.3 Å². The minimum atomic E-state index is -0.283. The number of benzene rings is 1. The van der Waals surface area contributed by atoms with Crippen LogP contribution < -0.4 is 5.32 Å². The number of methoxy groups -OCH3 is 1. The summed E-state index contributed by atoms with van der Waals surface area (Å²) in [4.78, 5) is 13.7. The number of nitrogens with one attached hydrogen (secondary N) is 1. The number of esters is 1. The van der Waals surface area contributed by atoms with Gasteiger partial charge < -0.3 is 15.0 Å². The van der Waals surface area contributed by atoms with Crippen LogP contribution in [-0.4, -0.2) is 44.7 Å². The molecule has 0 bridgehead atoms. The van der Waals surface area contributed by atoms with Crippen molar-refractivity contribution in [2.24, 2.45) is 5.41 Å². The van der Waals surface area contributed by atoms with E-state index in [0.29, 0.717) is 11.0 Å². The van der Waals surface area contributed by atoms with Gasteiger partial charge in [-0.15, -0.1) is 0 Å². The molecule has 2 rings (SSSR count). The molecule has 1 aromatic rings. The predicted molar refractivity (Wildman–Crippen MR) is 79.7 cm³/mol. The van der Waals surface area contributed by atoms with Crippen LogP contribution in [0.1, 0.15) is 29.3 Å². The first-order chi connectivity index (χ1) is 9.52. The normalized spacial score (nSPS) is 22.2. The number of carbonyl (C=O) groups excluding carboxylic acids is 1. The number of rotatable bonds is 5. The molecular formula is C16H24N2O2. The van der Waals surface area contributed by atoms with E-state index in [1.807, 2.05) is 24.3 Å². The summed E-state index contributed by atoms with van der Waals surface area (Å²) < 4.78 is 4.70. The highest BCUT2D eigenvalue weighted by atomic mass is 16.5. The molecule has 0 aromatic heterocycles. The molecule has 1 aliphatic heterocycles. The van der Waals surface area contributed by atoms with Gasteiger partial charge in [-0.1, -0.05) is 19.1 Å². The van der Waals surface area contributed by atoms with E-state index in [-0.39, 0.29) is 5.97 Å². The van der Waals surface area contributed by atoms with Crippen LogP contribution in [0.25, 0.3) is 0 Å². The fourth-order valence-electron chi connectivity index (χ4n) is 2.89. The number of carbonyl (C=O) groups is 1. The summed E-state index contributed by atoms with van der Waals surface area (Å²) in [6.45, 7) is 6.54. The van der Waals surface area contributed by atoms with E-state index in [2.05, 4.69) is 24.2 Å². The molecule has 4 heteroatoms. The third-order valence-electron chi connectivity index (χ3n) is 3.94. The van der Waals surface area contributed by atoms with Crippen molar-refractivity contribution in [2.45, 2.75) is 19.9 Å². The lowest BCUT2D eigenvalue weighted by atomic mass is 9.89. The maximum atomic E-state index is 11.4. The Balaban J connectivity index is 1.90. The lowest BCUT2D eigenvalue weighted by Crippen LogP contribution is -2.34. The van der Waals surface area contributed by atoms with Gasteiger partial charge in [-0.2, -0.15) is 0 Å². The first kappa shape index (κ1) is 15.0. The van der Waals surface area contributed by atoms with Gasteiger partial charge in [0.1, 0.15) is 0 Å². The summed E-state index contributed by atoms with van der Waals surface area (Å²) in [5.74, 6) is -0.283. The predicted octanol–water partition coefficient (Wildman–Crippen LogP) is 1.90. The van der Waals surface area contributed by atoms with Crippen molar-refractivity contribution in [2.75, 3.05) is 33.8 Å². The van der Waals surface area contributed by atoms with Gasteiger partial charge >= 0.3 is 5.97 Å². The minimum Gasteiger partial charge on any atom is -0.465 e. The summed E-state index contributed by atoms with van der Waals surface area (Å²) >= 11 is 0. The highest BCUT2D eigenvalue weighted by Crippen LogP contribution is 2.25. The van der Waals surface area contributed by atoms with Crippen molar-refractivity contribution in [1.29, 1.82) is 0 Å². The molecule has 1 atom stereocenters. The van der Waals surface area contributed by atoms with Gasteiger partial charge in [0.15, 0.2) is 0 Å². The summed E-state index contributed by atoms with van der Waals surface area (Å²) in [5.41, 5.74) is 2.20. The van der Waals surface area contributed by atoms with E-state index in [1.165, 1.54) is 19.1 Å². The first-order valence-corrected chi connectivity index (χ1v) is 7.09. The lowest BCUT2D eigenvalue weighted by Gasteiger charge is -2.29. The van der Waals surface area contributed by atoms with E-state index in [0.717, 1.165) is 26.2 Å². The Kier molecular flexibility index (Phi) is 4.78. The molecule has 1 N–H and O–H groups in total. The molecule has 1 saturated heterocycles. The van der Waals surface area contributed by atoms with Crippen LogP contribution in [0.2, 0.25) is 0 Å². The van der Waals surface area contributed by atoms with Gasteiger partial charge in [0, 0.05) is 19.6 Å².